The van der Waals surface area contributed by atoms with E-state index in [2.05, 4.69) is 27.6 Å². The largest absolute Gasteiger partial charge is 1.00 e. The Morgan fingerprint density at radius 1 is 1.44 bits per heavy atom. The first-order valence-corrected chi connectivity index (χ1v) is 5.45. The summed E-state index contributed by atoms with van der Waals surface area (Å²) in [6.45, 7) is 10.4. The number of ether oxygens (including phenoxy) is 1. The van der Waals surface area contributed by atoms with Gasteiger partial charge in [0.1, 0.15) is 0 Å². The second-order valence-corrected chi connectivity index (χ2v) is 4.83. The molecule has 0 saturated heterocycles. The second-order valence-electron chi connectivity index (χ2n) is 4.83. The van der Waals surface area contributed by atoms with Crippen molar-refractivity contribution in [1.29, 1.82) is 0 Å². The van der Waals surface area contributed by atoms with Gasteiger partial charge >= 0.3 is 5.97 Å². The van der Waals surface area contributed by atoms with Gasteiger partial charge in [0.15, 0.2) is 0 Å². The molecule has 0 aliphatic rings. The molecule has 0 aliphatic carbocycles. The molecule has 0 N–H and O–H groups in total. The molecular formula is C12H24ClNO2. The Labute approximate surface area is 105 Å². The summed E-state index contributed by atoms with van der Waals surface area (Å²) in [5.41, 5.74) is -0.513. The van der Waals surface area contributed by atoms with Gasteiger partial charge in [0.25, 0.3) is 0 Å². The van der Waals surface area contributed by atoms with Crippen LogP contribution in [0.3, 0.4) is 0 Å². The van der Waals surface area contributed by atoms with Gasteiger partial charge in [0.2, 0.25) is 5.72 Å². The zero-order valence-electron chi connectivity index (χ0n) is 11.0. The second kappa shape index (κ2) is 6.92. The average molecular weight is 250 g/mol. The van der Waals surface area contributed by atoms with Crippen LogP contribution in [0.25, 0.3) is 0 Å². The molecule has 0 aromatic carbocycles. The monoisotopic (exact) mass is 249 g/mol. The molecular weight excluding hydrogens is 226 g/mol. The quantitative estimate of drug-likeness (QED) is 0.270. The average Bonchev–Trinajstić information content (AvgIpc) is 2.13. The van der Waals surface area contributed by atoms with Gasteiger partial charge in [-0.05, 0) is 6.42 Å². The highest BCUT2D eigenvalue weighted by Gasteiger charge is 2.39. The van der Waals surface area contributed by atoms with Gasteiger partial charge in [-0.25, -0.2) is 4.79 Å². The minimum absolute atomic E-state index is 0. The Morgan fingerprint density at radius 2 is 1.94 bits per heavy atom. The molecule has 0 saturated carbocycles. The van der Waals surface area contributed by atoms with Crippen LogP contribution < -0.4 is 12.4 Å². The summed E-state index contributed by atoms with van der Waals surface area (Å²) in [6.07, 6.45) is 3.48. The number of rotatable bonds is 6. The number of quaternary nitrogens is 1. The molecule has 0 radical (unpaired) electrons. The lowest BCUT2D eigenvalue weighted by molar-refractivity contribution is -0.960. The van der Waals surface area contributed by atoms with Gasteiger partial charge in [-0.1, -0.05) is 19.9 Å². The first-order chi connectivity index (χ1) is 6.77. The molecule has 0 aromatic heterocycles. The topological polar surface area (TPSA) is 26.3 Å². The van der Waals surface area contributed by atoms with Gasteiger partial charge in [0.05, 0.1) is 20.6 Å². The summed E-state index contributed by atoms with van der Waals surface area (Å²) >= 11 is 0. The molecule has 0 aliphatic heterocycles. The van der Waals surface area contributed by atoms with Crippen molar-refractivity contribution in [3.8, 4) is 0 Å². The number of carbonyl (C=O) groups is 1. The number of hydrogen-bond acceptors (Lipinski definition) is 2. The summed E-state index contributed by atoms with van der Waals surface area (Å²) in [7, 11) is 4.15. The molecule has 0 rings (SSSR count). The van der Waals surface area contributed by atoms with Gasteiger partial charge in [0, 0.05) is 19.9 Å². The zero-order chi connectivity index (χ0) is 12.1. The van der Waals surface area contributed by atoms with Crippen LogP contribution in [0.1, 0.15) is 33.6 Å². The number of unbranched alkanes of at least 4 members (excludes halogenated alkanes) is 1. The van der Waals surface area contributed by atoms with E-state index in [1.807, 2.05) is 13.8 Å². The third-order valence-electron chi connectivity index (χ3n) is 3.05. The summed E-state index contributed by atoms with van der Waals surface area (Å²) in [5.74, 6) is -0.359. The van der Waals surface area contributed by atoms with Crippen molar-refractivity contribution in [2.24, 2.45) is 0 Å². The summed E-state index contributed by atoms with van der Waals surface area (Å²) in [5, 5.41) is 0. The maximum absolute atomic E-state index is 11.2. The van der Waals surface area contributed by atoms with Crippen LogP contribution in [0.4, 0.5) is 0 Å². The summed E-state index contributed by atoms with van der Waals surface area (Å²) < 4.78 is 6.03. The van der Waals surface area contributed by atoms with Crippen LogP contribution in [0.2, 0.25) is 0 Å². The normalized spacial score (nSPS) is 11.6. The summed E-state index contributed by atoms with van der Waals surface area (Å²) in [6, 6.07) is 0. The van der Waals surface area contributed by atoms with E-state index in [4.69, 9.17) is 4.74 Å². The molecule has 0 unspecified atom stereocenters. The highest BCUT2D eigenvalue weighted by atomic mass is 35.5. The Hall–Kier alpha value is -0.540. The molecule has 0 aromatic rings. The number of hydrogen-bond donors (Lipinski definition) is 0. The lowest BCUT2D eigenvalue weighted by atomic mass is 10.2. The fourth-order valence-electron chi connectivity index (χ4n) is 1.23. The lowest BCUT2D eigenvalue weighted by Gasteiger charge is -2.43. The molecule has 0 amide bonds. The molecule has 0 spiro atoms. The van der Waals surface area contributed by atoms with E-state index in [1.165, 1.54) is 6.08 Å². The van der Waals surface area contributed by atoms with Crippen LogP contribution in [0.5, 0.6) is 0 Å². The van der Waals surface area contributed by atoms with Crippen LogP contribution in [-0.2, 0) is 9.53 Å². The smallest absolute Gasteiger partial charge is 0.334 e. The first kappa shape index (κ1) is 17.8. The van der Waals surface area contributed by atoms with E-state index < -0.39 is 5.72 Å². The Bertz CT molecular complexity index is 237. The minimum atomic E-state index is -0.513. The molecule has 96 valence electrons. The Morgan fingerprint density at radius 3 is 2.31 bits per heavy atom. The molecule has 0 bridgehead atoms. The Kier molecular flexibility index (Phi) is 7.71. The van der Waals surface area contributed by atoms with Crippen molar-refractivity contribution in [3.05, 3.63) is 12.7 Å². The Balaban J connectivity index is 0. The standard InChI is InChI=1S/C12H24NO2.ClH/c1-7-9-10-13(5,6)12(3,4)15-11(14)8-2;/h8H,2,7,9-10H2,1,3-6H3;1H/q+1;/p-1. The van der Waals surface area contributed by atoms with E-state index in [-0.39, 0.29) is 18.4 Å². The van der Waals surface area contributed by atoms with Gasteiger partial charge in [-0.15, -0.1) is 0 Å². The highest BCUT2D eigenvalue weighted by Crippen LogP contribution is 2.22. The maximum Gasteiger partial charge on any atom is 0.334 e. The van der Waals surface area contributed by atoms with E-state index in [1.54, 1.807) is 0 Å². The predicted octanol–water partition coefficient (Wildman–Crippen LogP) is -0.668. The van der Waals surface area contributed by atoms with E-state index in [9.17, 15) is 4.79 Å². The van der Waals surface area contributed by atoms with Crippen LogP contribution in [0, 0.1) is 0 Å². The minimum Gasteiger partial charge on any atom is -1.00 e. The number of nitrogens with zero attached hydrogens (tertiary/aromatic N) is 1. The van der Waals surface area contributed by atoms with Crippen LogP contribution in [-0.4, -0.2) is 36.8 Å². The molecule has 0 heterocycles. The van der Waals surface area contributed by atoms with E-state index in [0.717, 1.165) is 19.4 Å². The number of carbonyl (C=O) groups excluding carboxylic acids is 1. The zero-order valence-corrected chi connectivity index (χ0v) is 11.8. The molecule has 0 atom stereocenters. The fraction of sp³-hybridized carbons (Fsp3) is 0.750. The summed E-state index contributed by atoms with van der Waals surface area (Å²) in [4.78, 5) is 11.2. The van der Waals surface area contributed by atoms with Crippen LogP contribution in [0.15, 0.2) is 12.7 Å². The highest BCUT2D eigenvalue weighted by molar-refractivity contribution is 5.81. The van der Waals surface area contributed by atoms with Crippen molar-refractivity contribution in [3.63, 3.8) is 0 Å². The first-order valence-electron chi connectivity index (χ1n) is 5.45. The molecule has 3 nitrogen and oxygen atoms in total. The SMILES string of the molecule is C=CC(=O)OC(C)(C)[N+](C)(C)CCCC.[Cl-]. The molecule has 4 heteroatoms. The van der Waals surface area contributed by atoms with Gasteiger partial charge in [-0.2, -0.15) is 0 Å². The van der Waals surface area contributed by atoms with Gasteiger partial charge < -0.3 is 17.1 Å². The molecule has 0 fully saturated rings. The van der Waals surface area contributed by atoms with E-state index >= 15 is 0 Å². The van der Waals surface area contributed by atoms with Crippen molar-refractivity contribution in [2.75, 3.05) is 20.6 Å². The predicted molar refractivity (Wildman–Crippen MR) is 62.3 cm³/mol. The molecule has 16 heavy (non-hydrogen) atoms. The lowest BCUT2D eigenvalue weighted by Crippen LogP contribution is -3.00. The van der Waals surface area contributed by atoms with Crippen molar-refractivity contribution < 1.29 is 26.4 Å². The van der Waals surface area contributed by atoms with Crippen molar-refractivity contribution >= 4 is 5.97 Å². The third kappa shape index (κ3) is 4.99. The fourth-order valence-corrected chi connectivity index (χ4v) is 1.23. The van der Waals surface area contributed by atoms with Crippen molar-refractivity contribution in [1.82, 2.24) is 0 Å². The van der Waals surface area contributed by atoms with Crippen molar-refractivity contribution in [2.45, 2.75) is 39.3 Å². The number of esters is 1. The van der Waals surface area contributed by atoms with Gasteiger partial charge in [-0.3, -0.25) is 4.48 Å². The third-order valence-corrected chi connectivity index (χ3v) is 3.05. The van der Waals surface area contributed by atoms with E-state index in [0.29, 0.717) is 4.48 Å². The van der Waals surface area contributed by atoms with Crippen LogP contribution >= 0.6 is 0 Å². The number of halogens is 1. The maximum atomic E-state index is 11.2.